The summed E-state index contributed by atoms with van der Waals surface area (Å²) in [5.74, 6) is 2.99. The molecule has 1 aliphatic carbocycles. The normalized spacial score (nSPS) is 37.6. The van der Waals surface area contributed by atoms with E-state index in [-0.39, 0.29) is 0 Å². The van der Waals surface area contributed by atoms with Crippen LogP contribution in [0, 0.1) is 23.7 Å². The van der Waals surface area contributed by atoms with Crippen LogP contribution >= 0.6 is 0 Å². The van der Waals surface area contributed by atoms with Gasteiger partial charge in [-0.05, 0) is 43.4 Å². The smallest absolute Gasteiger partial charge is 0.0610 e. The van der Waals surface area contributed by atoms with Crippen LogP contribution < -0.4 is 0 Å². The lowest BCUT2D eigenvalue weighted by atomic mass is 9.68. The van der Waals surface area contributed by atoms with Crippen LogP contribution in [0.1, 0.15) is 65.7 Å². The average Bonchev–Trinajstić information content (AvgIpc) is 2.75. The Hall–Kier alpha value is -0.300. The number of ether oxygens (including phenoxy) is 1. The zero-order valence-corrected chi connectivity index (χ0v) is 13.1. The van der Waals surface area contributed by atoms with Crippen molar-refractivity contribution in [1.82, 2.24) is 0 Å². The fourth-order valence-electron chi connectivity index (χ4n) is 4.75. The minimum Gasteiger partial charge on any atom is -0.375 e. The molecule has 19 heavy (non-hydrogen) atoms. The summed E-state index contributed by atoms with van der Waals surface area (Å²) in [5.41, 5.74) is 0. The average molecular weight is 264 g/mol. The molecule has 2 aliphatic rings. The van der Waals surface area contributed by atoms with Gasteiger partial charge in [0, 0.05) is 0 Å². The molecule has 1 saturated heterocycles. The Kier molecular flexibility index (Phi) is 5.50. The molecule has 2 rings (SSSR count). The van der Waals surface area contributed by atoms with Gasteiger partial charge in [0.25, 0.3) is 0 Å². The molecule has 0 amide bonds. The first-order chi connectivity index (χ1) is 9.22. The van der Waals surface area contributed by atoms with Gasteiger partial charge in [-0.2, -0.15) is 0 Å². The molecule has 110 valence electrons. The predicted molar refractivity (Wildman–Crippen MR) is 82.2 cm³/mol. The van der Waals surface area contributed by atoms with Crippen LogP contribution in [-0.4, -0.2) is 12.2 Å². The molecule has 1 saturated carbocycles. The Morgan fingerprint density at radius 1 is 1.26 bits per heavy atom. The Morgan fingerprint density at radius 3 is 2.63 bits per heavy atom. The Labute approximate surface area is 119 Å². The van der Waals surface area contributed by atoms with Crippen molar-refractivity contribution in [1.29, 1.82) is 0 Å². The van der Waals surface area contributed by atoms with E-state index in [2.05, 4.69) is 33.4 Å². The lowest BCUT2D eigenvalue weighted by molar-refractivity contribution is 0.0221. The summed E-state index contributed by atoms with van der Waals surface area (Å²) in [5, 5.41) is 0. The monoisotopic (exact) mass is 264 g/mol. The standard InChI is InChI=1S/C18H32O/c1-5-10-14(6-2)15(7-3)18-13(4)19-17-12-9-8-11-16(17)18/h7,13-18H,3,5-6,8-12H2,1-2,4H3/t13-,14?,15?,16?,17?,18?/m1/s1. The van der Waals surface area contributed by atoms with E-state index in [0.29, 0.717) is 18.1 Å². The maximum absolute atomic E-state index is 6.29. The molecular formula is C18H32O. The number of rotatable bonds is 6. The van der Waals surface area contributed by atoms with Crippen molar-refractivity contribution in [2.24, 2.45) is 23.7 Å². The number of hydrogen-bond acceptors (Lipinski definition) is 1. The third-order valence-electron chi connectivity index (χ3n) is 5.62. The van der Waals surface area contributed by atoms with E-state index in [0.717, 1.165) is 17.8 Å². The van der Waals surface area contributed by atoms with E-state index in [1.54, 1.807) is 0 Å². The second-order valence-electron chi connectivity index (χ2n) is 6.68. The first kappa shape index (κ1) is 15.1. The van der Waals surface area contributed by atoms with Crippen molar-refractivity contribution in [3.63, 3.8) is 0 Å². The largest absolute Gasteiger partial charge is 0.375 e. The highest BCUT2D eigenvalue weighted by molar-refractivity contribution is 5.00. The number of hydrogen-bond donors (Lipinski definition) is 0. The molecule has 0 aromatic heterocycles. The van der Waals surface area contributed by atoms with Crippen LogP contribution in [0.25, 0.3) is 0 Å². The lowest BCUT2D eigenvalue weighted by Crippen LogP contribution is -2.33. The van der Waals surface area contributed by atoms with E-state index < -0.39 is 0 Å². The van der Waals surface area contributed by atoms with Crippen molar-refractivity contribution in [2.45, 2.75) is 77.9 Å². The third kappa shape index (κ3) is 3.07. The van der Waals surface area contributed by atoms with Gasteiger partial charge in [-0.25, -0.2) is 0 Å². The second-order valence-corrected chi connectivity index (χ2v) is 6.68. The molecule has 2 fully saturated rings. The lowest BCUT2D eigenvalue weighted by Gasteiger charge is -2.35. The molecule has 1 aliphatic heterocycles. The van der Waals surface area contributed by atoms with Gasteiger partial charge in [-0.15, -0.1) is 6.58 Å². The molecule has 0 aromatic rings. The van der Waals surface area contributed by atoms with Crippen molar-refractivity contribution in [3.8, 4) is 0 Å². The summed E-state index contributed by atoms with van der Waals surface area (Å²) in [4.78, 5) is 0. The number of allylic oxidation sites excluding steroid dienone is 1. The molecule has 0 radical (unpaired) electrons. The van der Waals surface area contributed by atoms with Crippen LogP contribution in [0.3, 0.4) is 0 Å². The molecule has 0 N–H and O–H groups in total. The van der Waals surface area contributed by atoms with Crippen LogP contribution in [0.5, 0.6) is 0 Å². The van der Waals surface area contributed by atoms with Gasteiger partial charge in [-0.3, -0.25) is 0 Å². The van der Waals surface area contributed by atoms with E-state index in [9.17, 15) is 0 Å². The van der Waals surface area contributed by atoms with Crippen LogP contribution in [-0.2, 0) is 4.74 Å². The molecule has 1 heterocycles. The van der Waals surface area contributed by atoms with Gasteiger partial charge >= 0.3 is 0 Å². The molecule has 0 aromatic carbocycles. The van der Waals surface area contributed by atoms with Gasteiger partial charge in [0.05, 0.1) is 12.2 Å². The summed E-state index contributed by atoms with van der Waals surface area (Å²) >= 11 is 0. The van der Waals surface area contributed by atoms with Gasteiger partial charge < -0.3 is 4.74 Å². The van der Waals surface area contributed by atoms with Gasteiger partial charge in [0.15, 0.2) is 0 Å². The summed E-state index contributed by atoms with van der Waals surface area (Å²) in [6.07, 6.45) is 12.6. The summed E-state index contributed by atoms with van der Waals surface area (Å²) in [6, 6.07) is 0. The van der Waals surface area contributed by atoms with E-state index in [4.69, 9.17) is 4.74 Å². The van der Waals surface area contributed by atoms with Gasteiger partial charge in [0.2, 0.25) is 0 Å². The van der Waals surface area contributed by atoms with Gasteiger partial charge in [0.1, 0.15) is 0 Å². The molecule has 1 nitrogen and oxygen atoms in total. The van der Waals surface area contributed by atoms with Crippen LogP contribution in [0.2, 0.25) is 0 Å². The molecule has 5 unspecified atom stereocenters. The Bertz CT molecular complexity index is 285. The van der Waals surface area contributed by atoms with Crippen LogP contribution in [0.4, 0.5) is 0 Å². The summed E-state index contributed by atoms with van der Waals surface area (Å²) in [7, 11) is 0. The second kappa shape index (κ2) is 6.92. The highest BCUT2D eigenvalue weighted by atomic mass is 16.5. The first-order valence-corrected chi connectivity index (χ1v) is 8.50. The first-order valence-electron chi connectivity index (χ1n) is 8.50. The summed E-state index contributed by atoms with van der Waals surface area (Å²) < 4.78 is 6.29. The zero-order valence-electron chi connectivity index (χ0n) is 13.1. The van der Waals surface area contributed by atoms with E-state index >= 15 is 0 Å². The highest BCUT2D eigenvalue weighted by Gasteiger charge is 2.46. The van der Waals surface area contributed by atoms with E-state index in [1.165, 1.54) is 44.9 Å². The molecule has 0 bridgehead atoms. The number of fused-ring (bicyclic) bond motifs is 1. The molecule has 1 heteroatoms. The van der Waals surface area contributed by atoms with Crippen molar-refractivity contribution >= 4 is 0 Å². The fraction of sp³-hybridized carbons (Fsp3) is 0.889. The molecular weight excluding hydrogens is 232 g/mol. The fourth-order valence-corrected chi connectivity index (χ4v) is 4.75. The van der Waals surface area contributed by atoms with Gasteiger partial charge in [-0.1, -0.05) is 52.0 Å². The van der Waals surface area contributed by atoms with Crippen LogP contribution in [0.15, 0.2) is 12.7 Å². The quantitative estimate of drug-likeness (QED) is 0.598. The Balaban J connectivity index is 2.13. The molecule has 0 spiro atoms. The Morgan fingerprint density at radius 2 is 2.00 bits per heavy atom. The zero-order chi connectivity index (χ0) is 13.8. The minimum absolute atomic E-state index is 0.432. The molecule has 6 atom stereocenters. The minimum atomic E-state index is 0.432. The van der Waals surface area contributed by atoms with Crippen molar-refractivity contribution in [2.75, 3.05) is 0 Å². The van der Waals surface area contributed by atoms with Crippen molar-refractivity contribution in [3.05, 3.63) is 12.7 Å². The third-order valence-corrected chi connectivity index (χ3v) is 5.62. The summed E-state index contributed by atoms with van der Waals surface area (Å²) in [6.45, 7) is 11.1. The maximum Gasteiger partial charge on any atom is 0.0610 e. The predicted octanol–water partition coefficient (Wildman–Crippen LogP) is 5.21. The van der Waals surface area contributed by atoms with E-state index in [1.807, 2.05) is 0 Å². The SMILES string of the molecule is C=CC(C(CC)CCC)C1C2CCCCC2O[C@@H]1C. The van der Waals surface area contributed by atoms with Crippen molar-refractivity contribution < 1.29 is 4.74 Å². The maximum atomic E-state index is 6.29. The topological polar surface area (TPSA) is 9.23 Å². The highest BCUT2D eigenvalue weighted by Crippen LogP contribution is 2.47.